The summed E-state index contributed by atoms with van der Waals surface area (Å²) in [6.45, 7) is 5.68. The molecule has 1 spiro atoms. The second-order valence-corrected chi connectivity index (χ2v) is 7.20. The van der Waals surface area contributed by atoms with Gasteiger partial charge in [0.05, 0.1) is 0 Å². The van der Waals surface area contributed by atoms with E-state index < -0.39 is 6.10 Å². The van der Waals surface area contributed by atoms with Gasteiger partial charge in [0.1, 0.15) is 12.2 Å². The Balaban J connectivity index is 1.76. The Morgan fingerprint density at radius 1 is 1.43 bits per heavy atom. The van der Waals surface area contributed by atoms with Gasteiger partial charge in [0.15, 0.2) is 11.6 Å². The molecule has 0 saturated carbocycles. The first kappa shape index (κ1) is 13.8. The largest absolute Gasteiger partial charge is 0.483 e. The van der Waals surface area contributed by atoms with Crippen molar-refractivity contribution in [1.29, 1.82) is 0 Å². The van der Waals surface area contributed by atoms with Crippen LogP contribution >= 0.6 is 0 Å². The van der Waals surface area contributed by atoms with Crippen LogP contribution in [0.4, 0.5) is 4.39 Å². The number of benzene rings is 1. The van der Waals surface area contributed by atoms with Crippen LogP contribution in [0.2, 0.25) is 0 Å². The summed E-state index contributed by atoms with van der Waals surface area (Å²) in [4.78, 5) is 2.46. The zero-order valence-electron chi connectivity index (χ0n) is 12.9. The number of likely N-dealkylation sites (tertiary alicyclic amines) is 1. The molecule has 23 heavy (non-hydrogen) atoms. The standard InChI is InChI=1S/C19H20FNO2/c1-2-8-21-9-7-19-12-4-6-15(22)18(19)23-17-13(20)5-3-11(16(17)19)10-14(12)21/h2-6,12,14-15,18,22H,1,7-10H2/t12-,14+,15-,18-,19-/m0/s1. The van der Waals surface area contributed by atoms with E-state index in [9.17, 15) is 9.50 Å². The number of aliphatic hydroxyl groups excluding tert-OH is 1. The molecule has 1 saturated heterocycles. The summed E-state index contributed by atoms with van der Waals surface area (Å²) >= 11 is 0. The number of rotatable bonds is 2. The van der Waals surface area contributed by atoms with Crippen molar-refractivity contribution in [2.75, 3.05) is 13.1 Å². The van der Waals surface area contributed by atoms with Gasteiger partial charge in [-0.05, 0) is 31.0 Å². The van der Waals surface area contributed by atoms with Crippen LogP contribution < -0.4 is 4.74 Å². The molecule has 1 aromatic rings. The molecular weight excluding hydrogens is 293 g/mol. The lowest BCUT2D eigenvalue weighted by Gasteiger charge is -2.57. The first-order chi connectivity index (χ1) is 11.2. The highest BCUT2D eigenvalue weighted by Crippen LogP contribution is 2.61. The average molecular weight is 313 g/mol. The van der Waals surface area contributed by atoms with E-state index in [0.717, 1.165) is 31.5 Å². The highest BCUT2D eigenvalue weighted by atomic mass is 19.1. The van der Waals surface area contributed by atoms with Crippen LogP contribution in [0.5, 0.6) is 5.75 Å². The predicted octanol–water partition coefficient (Wildman–Crippen LogP) is 2.19. The van der Waals surface area contributed by atoms with Gasteiger partial charge in [-0.3, -0.25) is 4.90 Å². The zero-order chi connectivity index (χ0) is 15.8. The van der Waals surface area contributed by atoms with Gasteiger partial charge < -0.3 is 9.84 Å². The third-order valence-corrected chi connectivity index (χ3v) is 6.32. The summed E-state index contributed by atoms with van der Waals surface area (Å²) in [7, 11) is 0. The van der Waals surface area contributed by atoms with E-state index in [-0.39, 0.29) is 23.3 Å². The van der Waals surface area contributed by atoms with Gasteiger partial charge in [0.25, 0.3) is 0 Å². The van der Waals surface area contributed by atoms with Crippen molar-refractivity contribution in [3.63, 3.8) is 0 Å². The molecule has 1 fully saturated rings. The fourth-order valence-electron chi connectivity index (χ4n) is 5.51. The maximum Gasteiger partial charge on any atom is 0.165 e. The van der Waals surface area contributed by atoms with Crippen LogP contribution in [0.1, 0.15) is 17.5 Å². The van der Waals surface area contributed by atoms with Crippen molar-refractivity contribution < 1.29 is 14.2 Å². The van der Waals surface area contributed by atoms with E-state index >= 15 is 0 Å². The molecule has 1 N–H and O–H groups in total. The van der Waals surface area contributed by atoms with Crippen LogP contribution in [0.15, 0.2) is 36.9 Å². The molecule has 2 aliphatic carbocycles. The fraction of sp³-hybridized carbons (Fsp3) is 0.474. The van der Waals surface area contributed by atoms with Crippen molar-refractivity contribution >= 4 is 0 Å². The van der Waals surface area contributed by atoms with Gasteiger partial charge in [-0.25, -0.2) is 4.39 Å². The molecule has 4 aliphatic rings. The quantitative estimate of drug-likeness (QED) is 0.850. The molecule has 2 bridgehead atoms. The maximum absolute atomic E-state index is 14.4. The number of aliphatic hydroxyl groups is 1. The van der Waals surface area contributed by atoms with E-state index in [1.807, 2.05) is 18.2 Å². The van der Waals surface area contributed by atoms with Crippen molar-refractivity contribution in [1.82, 2.24) is 4.90 Å². The minimum Gasteiger partial charge on any atom is -0.483 e. The molecule has 5 atom stereocenters. The van der Waals surface area contributed by atoms with Gasteiger partial charge in [0.2, 0.25) is 0 Å². The fourth-order valence-corrected chi connectivity index (χ4v) is 5.51. The monoisotopic (exact) mass is 313 g/mol. The van der Waals surface area contributed by atoms with Crippen molar-refractivity contribution in [3.8, 4) is 5.75 Å². The highest BCUT2D eigenvalue weighted by Gasteiger charge is 2.64. The van der Waals surface area contributed by atoms with Crippen molar-refractivity contribution in [2.45, 2.75) is 36.5 Å². The Kier molecular flexibility index (Phi) is 2.67. The van der Waals surface area contributed by atoms with E-state index in [0.29, 0.717) is 11.8 Å². The normalized spacial score (nSPS) is 39.7. The van der Waals surface area contributed by atoms with Gasteiger partial charge in [0, 0.05) is 29.5 Å². The van der Waals surface area contributed by atoms with Crippen LogP contribution in [-0.4, -0.2) is 41.3 Å². The predicted molar refractivity (Wildman–Crippen MR) is 85.0 cm³/mol. The highest BCUT2D eigenvalue weighted by molar-refractivity contribution is 5.57. The van der Waals surface area contributed by atoms with Crippen LogP contribution in [0.25, 0.3) is 0 Å². The lowest BCUT2D eigenvalue weighted by molar-refractivity contribution is -0.0490. The second-order valence-electron chi connectivity index (χ2n) is 7.20. The van der Waals surface area contributed by atoms with Crippen LogP contribution in [0, 0.1) is 11.7 Å². The van der Waals surface area contributed by atoms with E-state index in [1.54, 1.807) is 0 Å². The number of hydrogen-bond donors (Lipinski definition) is 1. The lowest BCUT2D eigenvalue weighted by Crippen LogP contribution is -2.65. The summed E-state index contributed by atoms with van der Waals surface area (Å²) in [6.07, 6.45) is 6.69. The zero-order valence-corrected chi connectivity index (χ0v) is 12.9. The average Bonchev–Trinajstić information content (AvgIpc) is 2.89. The van der Waals surface area contributed by atoms with Gasteiger partial charge in [-0.15, -0.1) is 6.58 Å². The molecule has 1 aromatic carbocycles. The van der Waals surface area contributed by atoms with Gasteiger partial charge >= 0.3 is 0 Å². The van der Waals surface area contributed by atoms with Crippen LogP contribution in [0.3, 0.4) is 0 Å². The van der Waals surface area contributed by atoms with Crippen molar-refractivity contribution in [2.24, 2.45) is 5.92 Å². The molecule has 0 unspecified atom stereocenters. The Hall–Kier alpha value is -1.65. The first-order valence-electron chi connectivity index (χ1n) is 8.36. The Bertz CT molecular complexity index is 730. The number of nitrogens with zero attached hydrogens (tertiary/aromatic N) is 1. The summed E-state index contributed by atoms with van der Waals surface area (Å²) in [5, 5.41) is 10.5. The van der Waals surface area contributed by atoms with Gasteiger partial charge in [-0.1, -0.05) is 24.3 Å². The summed E-state index contributed by atoms with van der Waals surface area (Å²) in [5.41, 5.74) is 1.94. The summed E-state index contributed by atoms with van der Waals surface area (Å²) in [6, 6.07) is 3.78. The van der Waals surface area contributed by atoms with E-state index in [2.05, 4.69) is 17.6 Å². The lowest BCUT2D eigenvalue weighted by atomic mass is 9.53. The molecule has 2 heterocycles. The number of ether oxygens (including phenoxy) is 1. The number of halogens is 1. The second kappa shape index (κ2) is 4.46. The Labute approximate surface area is 135 Å². The molecule has 4 heteroatoms. The third kappa shape index (κ3) is 1.51. The van der Waals surface area contributed by atoms with E-state index in [4.69, 9.17) is 4.74 Å². The molecular formula is C19H20FNO2. The Morgan fingerprint density at radius 3 is 3.13 bits per heavy atom. The topological polar surface area (TPSA) is 32.7 Å². The smallest absolute Gasteiger partial charge is 0.165 e. The molecule has 2 aliphatic heterocycles. The number of piperidine rings is 1. The summed E-state index contributed by atoms with van der Waals surface area (Å²) < 4.78 is 20.4. The molecule has 0 aromatic heterocycles. The van der Waals surface area contributed by atoms with E-state index in [1.165, 1.54) is 11.6 Å². The summed E-state index contributed by atoms with van der Waals surface area (Å²) in [5.74, 6) is 0.349. The molecule has 3 nitrogen and oxygen atoms in total. The maximum atomic E-state index is 14.4. The minimum atomic E-state index is -0.671. The molecule has 0 amide bonds. The van der Waals surface area contributed by atoms with Crippen LogP contribution in [-0.2, 0) is 11.8 Å². The third-order valence-electron chi connectivity index (χ3n) is 6.32. The first-order valence-corrected chi connectivity index (χ1v) is 8.36. The SMILES string of the molecule is C=CCN1CC[C@]23c4c5ccc(F)c4O[C@H]2[C@@H](O)C=C[C@H]3[C@H]1C5. The van der Waals surface area contributed by atoms with Gasteiger partial charge in [-0.2, -0.15) is 0 Å². The Morgan fingerprint density at radius 2 is 2.30 bits per heavy atom. The molecule has 0 radical (unpaired) electrons. The number of hydrogen-bond acceptors (Lipinski definition) is 3. The molecule has 120 valence electrons. The minimum absolute atomic E-state index is 0.264. The van der Waals surface area contributed by atoms with Crippen molar-refractivity contribution in [3.05, 3.63) is 53.9 Å². The molecule has 5 rings (SSSR count).